The summed E-state index contributed by atoms with van der Waals surface area (Å²) in [7, 11) is 1.63. The number of pyridine rings is 1. The Morgan fingerprint density at radius 3 is 2.44 bits per heavy atom. The standard InChI is InChI=1S/C24H21N5O2S/c1-14-12-15(2)25-22-20(14)26-23(31-3)29(22)13-16-8-10-17(11-9-16)18-6-4-5-7-19(18)21-27-24(30)32-28-21/h4-12H,13H2,1-3H3,(H,27,28,30). The summed E-state index contributed by atoms with van der Waals surface area (Å²) in [6, 6.07) is 18.8. The predicted octanol–water partition coefficient (Wildman–Crippen LogP) is 4.58. The summed E-state index contributed by atoms with van der Waals surface area (Å²) >= 11 is 0.996. The Morgan fingerprint density at radius 1 is 1.00 bits per heavy atom. The van der Waals surface area contributed by atoms with Crippen LogP contribution < -0.4 is 9.61 Å². The summed E-state index contributed by atoms with van der Waals surface area (Å²) in [5.74, 6) is 0.589. The third-order valence-corrected chi connectivity index (χ3v) is 5.96. The number of methoxy groups -OCH3 is 1. The molecule has 0 atom stereocenters. The molecule has 3 heterocycles. The number of benzene rings is 2. The number of fused-ring (bicyclic) bond motifs is 1. The molecule has 7 nitrogen and oxygen atoms in total. The van der Waals surface area contributed by atoms with Crippen LogP contribution in [0.2, 0.25) is 0 Å². The highest BCUT2D eigenvalue weighted by molar-refractivity contribution is 7.03. The van der Waals surface area contributed by atoms with Crippen molar-refractivity contribution >= 4 is 22.7 Å². The summed E-state index contributed by atoms with van der Waals surface area (Å²) in [6.45, 7) is 4.62. The van der Waals surface area contributed by atoms with Crippen LogP contribution in [-0.4, -0.2) is 31.0 Å². The van der Waals surface area contributed by atoms with Crippen molar-refractivity contribution in [2.75, 3.05) is 7.11 Å². The van der Waals surface area contributed by atoms with Crippen LogP contribution in [-0.2, 0) is 6.54 Å². The molecule has 0 fully saturated rings. The molecule has 0 aliphatic heterocycles. The van der Waals surface area contributed by atoms with Crippen LogP contribution >= 0.6 is 11.5 Å². The Bertz CT molecular complexity index is 1480. The van der Waals surface area contributed by atoms with Crippen LogP contribution in [0.15, 0.2) is 59.4 Å². The number of imidazole rings is 1. The zero-order valence-corrected chi connectivity index (χ0v) is 18.7. The van der Waals surface area contributed by atoms with Crippen LogP contribution in [0.1, 0.15) is 16.8 Å². The first-order valence-corrected chi connectivity index (χ1v) is 11.0. The SMILES string of the molecule is COc1nc2c(C)cc(C)nc2n1Cc1ccc(-c2ccccc2-c2nc(=O)s[nH]2)cc1. The van der Waals surface area contributed by atoms with Gasteiger partial charge >= 0.3 is 4.87 Å². The minimum absolute atomic E-state index is 0.231. The minimum atomic E-state index is -0.231. The van der Waals surface area contributed by atoms with E-state index in [4.69, 9.17) is 9.72 Å². The molecule has 0 saturated heterocycles. The van der Waals surface area contributed by atoms with E-state index < -0.39 is 0 Å². The smallest absolute Gasteiger partial charge is 0.344 e. The second kappa shape index (κ2) is 8.05. The molecule has 0 aliphatic carbocycles. The maximum atomic E-state index is 11.5. The first kappa shape index (κ1) is 20.1. The molecule has 2 aromatic carbocycles. The highest BCUT2D eigenvalue weighted by Crippen LogP contribution is 2.31. The molecule has 0 radical (unpaired) electrons. The normalized spacial score (nSPS) is 11.2. The Labute approximate surface area is 188 Å². The van der Waals surface area contributed by atoms with Gasteiger partial charge in [-0.15, -0.1) is 0 Å². The third kappa shape index (κ3) is 3.58. The third-order valence-electron chi connectivity index (χ3n) is 5.40. The van der Waals surface area contributed by atoms with Crippen molar-refractivity contribution < 1.29 is 4.74 Å². The Morgan fingerprint density at radius 2 is 1.75 bits per heavy atom. The van der Waals surface area contributed by atoms with Gasteiger partial charge in [0.25, 0.3) is 6.01 Å². The molecule has 0 unspecified atom stereocenters. The molecule has 1 N–H and O–H groups in total. The Kier molecular flexibility index (Phi) is 5.07. The number of rotatable bonds is 5. The van der Waals surface area contributed by atoms with Gasteiger partial charge in [-0.05, 0) is 42.2 Å². The topological polar surface area (TPSA) is 85.7 Å². The van der Waals surface area contributed by atoms with Gasteiger partial charge in [0.15, 0.2) is 11.5 Å². The van der Waals surface area contributed by atoms with Gasteiger partial charge in [0.2, 0.25) is 0 Å². The lowest BCUT2D eigenvalue weighted by Gasteiger charge is -2.10. The monoisotopic (exact) mass is 443 g/mol. The second-order valence-corrected chi connectivity index (χ2v) is 8.37. The fourth-order valence-corrected chi connectivity index (χ4v) is 4.42. The zero-order chi connectivity index (χ0) is 22.2. The van der Waals surface area contributed by atoms with Crippen LogP contribution in [0.25, 0.3) is 33.7 Å². The van der Waals surface area contributed by atoms with E-state index in [2.05, 4.69) is 38.6 Å². The highest BCUT2D eigenvalue weighted by Gasteiger charge is 2.16. The van der Waals surface area contributed by atoms with Crippen molar-refractivity contribution in [1.29, 1.82) is 0 Å². The Hall–Kier alpha value is -3.78. The highest BCUT2D eigenvalue weighted by atomic mass is 32.1. The van der Waals surface area contributed by atoms with Crippen LogP contribution in [0.4, 0.5) is 0 Å². The number of hydrogen-bond donors (Lipinski definition) is 1. The molecule has 32 heavy (non-hydrogen) atoms. The van der Waals surface area contributed by atoms with E-state index in [9.17, 15) is 4.79 Å². The van der Waals surface area contributed by atoms with Crippen LogP contribution in [0.5, 0.6) is 6.01 Å². The number of nitrogens with one attached hydrogen (secondary N) is 1. The second-order valence-electron chi connectivity index (χ2n) is 7.61. The molecule has 5 rings (SSSR count). The van der Waals surface area contributed by atoms with Crippen LogP contribution in [0.3, 0.4) is 0 Å². The first-order valence-electron chi connectivity index (χ1n) is 10.2. The van der Waals surface area contributed by atoms with Gasteiger partial charge in [0.05, 0.1) is 13.7 Å². The van der Waals surface area contributed by atoms with E-state index in [-0.39, 0.29) is 4.87 Å². The van der Waals surface area contributed by atoms with E-state index in [0.717, 1.165) is 56.2 Å². The van der Waals surface area contributed by atoms with E-state index in [1.165, 1.54) is 0 Å². The quantitative estimate of drug-likeness (QED) is 0.430. The van der Waals surface area contributed by atoms with Crippen molar-refractivity contribution in [3.63, 3.8) is 0 Å². The molecule has 5 aromatic rings. The molecule has 160 valence electrons. The molecular formula is C24H21N5O2S. The number of aromatic nitrogens is 5. The molecule has 0 spiro atoms. The number of ether oxygens (including phenoxy) is 1. The number of hydrogen-bond acceptors (Lipinski definition) is 6. The van der Waals surface area contributed by atoms with E-state index >= 15 is 0 Å². The van der Waals surface area contributed by atoms with Crippen molar-refractivity contribution in [2.24, 2.45) is 0 Å². The van der Waals surface area contributed by atoms with Gasteiger partial charge in [0.1, 0.15) is 5.52 Å². The predicted molar refractivity (Wildman–Crippen MR) is 126 cm³/mol. The molecule has 3 aromatic heterocycles. The van der Waals surface area contributed by atoms with Crippen molar-refractivity contribution in [3.8, 4) is 28.5 Å². The zero-order valence-electron chi connectivity index (χ0n) is 17.9. The largest absolute Gasteiger partial charge is 0.468 e. The van der Waals surface area contributed by atoms with Gasteiger partial charge in [-0.1, -0.05) is 48.5 Å². The average Bonchev–Trinajstić information content (AvgIpc) is 3.38. The van der Waals surface area contributed by atoms with Gasteiger partial charge in [-0.25, -0.2) is 4.98 Å². The first-order chi connectivity index (χ1) is 15.5. The van der Waals surface area contributed by atoms with Gasteiger partial charge in [-0.3, -0.25) is 13.7 Å². The molecule has 0 amide bonds. The van der Waals surface area contributed by atoms with Gasteiger partial charge < -0.3 is 4.74 Å². The summed E-state index contributed by atoms with van der Waals surface area (Å²) in [4.78, 5) is 24.7. The fourth-order valence-electron chi connectivity index (χ4n) is 3.94. The number of aromatic amines is 1. The summed E-state index contributed by atoms with van der Waals surface area (Å²) in [5.41, 5.74) is 7.77. The molecule has 0 aliphatic rings. The van der Waals surface area contributed by atoms with Crippen molar-refractivity contribution in [1.82, 2.24) is 23.9 Å². The Balaban J connectivity index is 1.51. The maximum absolute atomic E-state index is 11.5. The molecule has 0 saturated carbocycles. The summed E-state index contributed by atoms with van der Waals surface area (Å²) in [6.07, 6.45) is 0. The summed E-state index contributed by atoms with van der Waals surface area (Å²) < 4.78 is 10.5. The molecular weight excluding hydrogens is 422 g/mol. The van der Waals surface area contributed by atoms with Gasteiger partial charge in [0, 0.05) is 22.8 Å². The minimum Gasteiger partial charge on any atom is -0.468 e. The summed E-state index contributed by atoms with van der Waals surface area (Å²) in [5, 5.41) is 0. The van der Waals surface area contributed by atoms with Crippen molar-refractivity contribution in [2.45, 2.75) is 20.4 Å². The van der Waals surface area contributed by atoms with Crippen LogP contribution in [0, 0.1) is 13.8 Å². The number of H-pyrrole nitrogens is 1. The fraction of sp³-hybridized carbons (Fsp3) is 0.167. The van der Waals surface area contributed by atoms with E-state index in [0.29, 0.717) is 18.4 Å². The average molecular weight is 444 g/mol. The van der Waals surface area contributed by atoms with Crippen molar-refractivity contribution in [3.05, 3.63) is 81.1 Å². The van der Waals surface area contributed by atoms with Gasteiger partial charge in [-0.2, -0.15) is 9.97 Å². The lowest BCUT2D eigenvalue weighted by atomic mass is 9.98. The number of nitrogens with zero attached hydrogens (tertiary/aromatic N) is 4. The maximum Gasteiger partial charge on any atom is 0.344 e. The van der Waals surface area contributed by atoms with E-state index in [1.54, 1.807) is 7.11 Å². The lowest BCUT2D eigenvalue weighted by Crippen LogP contribution is -2.04. The lowest BCUT2D eigenvalue weighted by molar-refractivity contribution is 0.363. The number of aryl methyl sites for hydroxylation is 2. The molecule has 0 bridgehead atoms. The molecule has 8 heteroatoms. The van der Waals surface area contributed by atoms with E-state index in [1.807, 2.05) is 48.7 Å².